The zero-order valence-corrected chi connectivity index (χ0v) is 9.88. The van der Waals surface area contributed by atoms with Gasteiger partial charge in [0.2, 0.25) is 0 Å². The number of aryl methyl sites for hydroxylation is 1. The van der Waals surface area contributed by atoms with E-state index in [2.05, 4.69) is 5.16 Å². The Morgan fingerprint density at radius 2 is 2.29 bits per heavy atom. The van der Waals surface area contributed by atoms with Gasteiger partial charge in [0, 0.05) is 0 Å². The van der Waals surface area contributed by atoms with E-state index in [0.29, 0.717) is 0 Å². The molecule has 0 unspecified atom stereocenters. The van der Waals surface area contributed by atoms with Gasteiger partial charge in [-0.1, -0.05) is 41.1 Å². The highest BCUT2D eigenvalue weighted by molar-refractivity contribution is 6.34. The maximum atomic E-state index is 10.4. The third-order valence-corrected chi connectivity index (χ3v) is 2.03. The fourth-order valence-electron chi connectivity index (χ4n) is 1.17. The first-order valence-electron chi connectivity index (χ1n) is 5.22. The molecule has 17 heavy (non-hydrogen) atoms. The Kier molecular flexibility index (Phi) is 4.94. The molecule has 1 aromatic rings. The number of oxime groups is 1. The molecule has 0 aromatic heterocycles. The summed E-state index contributed by atoms with van der Waals surface area (Å²) in [7, 11) is 0. The topological polar surface area (TPSA) is 58.9 Å². The number of benzene rings is 1. The molecule has 0 saturated heterocycles. The number of rotatable bonds is 5. The summed E-state index contributed by atoms with van der Waals surface area (Å²) < 4.78 is 0. The first-order valence-corrected chi connectivity index (χ1v) is 5.22. The van der Waals surface area contributed by atoms with Crippen LogP contribution in [0.4, 0.5) is 0 Å². The number of hydrogen-bond donors (Lipinski definition) is 1. The number of carbonyl (C=O) groups is 1. The lowest BCUT2D eigenvalue weighted by Gasteiger charge is -1.96. The highest BCUT2D eigenvalue weighted by atomic mass is 16.6. The van der Waals surface area contributed by atoms with E-state index < -0.39 is 5.97 Å². The Hall–Kier alpha value is -2.10. The summed E-state index contributed by atoms with van der Waals surface area (Å²) >= 11 is 0. The van der Waals surface area contributed by atoms with Crippen molar-refractivity contribution in [2.45, 2.75) is 13.8 Å². The van der Waals surface area contributed by atoms with Crippen LogP contribution in [0.1, 0.15) is 18.1 Å². The Labute approximate surface area is 100 Å². The average molecular weight is 233 g/mol. The second-order valence-corrected chi connectivity index (χ2v) is 3.59. The smallest absolute Gasteiger partial charge is 0.353 e. The molecule has 0 aliphatic heterocycles. The molecule has 0 bridgehead atoms. The average Bonchev–Trinajstić information content (AvgIpc) is 2.28. The van der Waals surface area contributed by atoms with Gasteiger partial charge in [-0.25, -0.2) is 4.79 Å². The van der Waals surface area contributed by atoms with Gasteiger partial charge < -0.3 is 9.94 Å². The fourth-order valence-corrected chi connectivity index (χ4v) is 1.17. The van der Waals surface area contributed by atoms with E-state index in [1.54, 1.807) is 6.08 Å². The standard InChI is InChI=1S/C13H15NO3/c1-10-5-3-6-12(9-10)7-4-8-17-14-11(2)13(15)16/h3-7,9H,8H2,1-2H3,(H,15,16). The van der Waals surface area contributed by atoms with Gasteiger partial charge in [-0.3, -0.25) is 0 Å². The SMILES string of the molecule is CC(=NOCC=Cc1cccc(C)c1)C(=O)O. The van der Waals surface area contributed by atoms with Crippen molar-refractivity contribution in [3.63, 3.8) is 0 Å². The number of hydrogen-bond acceptors (Lipinski definition) is 3. The van der Waals surface area contributed by atoms with Gasteiger partial charge >= 0.3 is 5.97 Å². The first kappa shape index (κ1) is 13.0. The zero-order chi connectivity index (χ0) is 12.7. The van der Waals surface area contributed by atoms with E-state index in [0.717, 1.165) is 5.56 Å². The highest BCUT2D eigenvalue weighted by Gasteiger charge is 2.00. The Morgan fingerprint density at radius 1 is 1.53 bits per heavy atom. The van der Waals surface area contributed by atoms with Crippen molar-refractivity contribution in [2.75, 3.05) is 6.61 Å². The van der Waals surface area contributed by atoms with E-state index >= 15 is 0 Å². The van der Waals surface area contributed by atoms with Crippen LogP contribution in [0.3, 0.4) is 0 Å². The van der Waals surface area contributed by atoms with Crippen LogP contribution >= 0.6 is 0 Å². The summed E-state index contributed by atoms with van der Waals surface area (Å²) in [4.78, 5) is 15.2. The van der Waals surface area contributed by atoms with E-state index in [1.165, 1.54) is 12.5 Å². The molecule has 0 atom stereocenters. The predicted molar refractivity (Wildman–Crippen MR) is 66.9 cm³/mol. The minimum atomic E-state index is -1.08. The Balaban J connectivity index is 2.41. The van der Waals surface area contributed by atoms with Crippen LogP contribution in [-0.4, -0.2) is 23.4 Å². The van der Waals surface area contributed by atoms with E-state index in [4.69, 9.17) is 9.94 Å². The third-order valence-electron chi connectivity index (χ3n) is 2.03. The fraction of sp³-hybridized carbons (Fsp3) is 0.231. The molecule has 90 valence electrons. The van der Waals surface area contributed by atoms with Crippen molar-refractivity contribution in [3.05, 3.63) is 41.5 Å². The van der Waals surface area contributed by atoms with Crippen LogP contribution in [0.5, 0.6) is 0 Å². The van der Waals surface area contributed by atoms with Gasteiger partial charge in [-0.2, -0.15) is 0 Å². The first-order chi connectivity index (χ1) is 8.09. The quantitative estimate of drug-likeness (QED) is 0.483. The molecule has 0 aliphatic carbocycles. The molecular formula is C13H15NO3. The lowest BCUT2D eigenvalue weighted by Crippen LogP contribution is -2.08. The number of carboxylic acids is 1. The summed E-state index contributed by atoms with van der Waals surface area (Å²) in [6, 6.07) is 8.02. The normalized spacial score (nSPS) is 11.8. The molecule has 1 rings (SSSR count). The van der Waals surface area contributed by atoms with Crippen molar-refractivity contribution < 1.29 is 14.7 Å². The molecule has 1 aromatic carbocycles. The minimum Gasteiger partial charge on any atom is -0.477 e. The largest absolute Gasteiger partial charge is 0.477 e. The van der Waals surface area contributed by atoms with Gasteiger partial charge in [-0.05, 0) is 25.5 Å². The molecule has 0 amide bonds. The van der Waals surface area contributed by atoms with Crippen LogP contribution in [0.15, 0.2) is 35.5 Å². The van der Waals surface area contributed by atoms with E-state index in [9.17, 15) is 4.79 Å². The van der Waals surface area contributed by atoms with Gasteiger partial charge in [0.25, 0.3) is 0 Å². The van der Waals surface area contributed by atoms with Crippen molar-refractivity contribution in [1.29, 1.82) is 0 Å². The summed E-state index contributed by atoms with van der Waals surface area (Å²) in [5.74, 6) is -1.08. The van der Waals surface area contributed by atoms with Gasteiger partial charge in [-0.15, -0.1) is 0 Å². The summed E-state index contributed by atoms with van der Waals surface area (Å²) in [5, 5.41) is 12.0. The van der Waals surface area contributed by atoms with Crippen molar-refractivity contribution >= 4 is 17.8 Å². The van der Waals surface area contributed by atoms with Crippen LogP contribution in [0.25, 0.3) is 6.08 Å². The second kappa shape index (κ2) is 6.48. The Bertz CT molecular complexity index is 450. The van der Waals surface area contributed by atoms with E-state index in [-0.39, 0.29) is 12.3 Å². The van der Waals surface area contributed by atoms with Crippen LogP contribution in [0, 0.1) is 6.92 Å². The number of carboxylic acid groups (broad SMARTS) is 1. The van der Waals surface area contributed by atoms with Crippen molar-refractivity contribution in [1.82, 2.24) is 0 Å². The molecule has 1 N–H and O–H groups in total. The molecule has 0 aliphatic rings. The lowest BCUT2D eigenvalue weighted by molar-refractivity contribution is -0.129. The summed E-state index contributed by atoms with van der Waals surface area (Å²) in [6.45, 7) is 3.65. The maximum Gasteiger partial charge on any atom is 0.353 e. The second-order valence-electron chi connectivity index (χ2n) is 3.59. The molecular weight excluding hydrogens is 218 g/mol. The number of aliphatic carboxylic acids is 1. The van der Waals surface area contributed by atoms with E-state index in [1.807, 2.05) is 37.3 Å². The predicted octanol–water partition coefficient (Wildman–Crippen LogP) is 2.49. The number of nitrogens with zero attached hydrogens (tertiary/aromatic N) is 1. The van der Waals surface area contributed by atoms with Gasteiger partial charge in [0.1, 0.15) is 6.61 Å². The molecule has 0 spiro atoms. The van der Waals surface area contributed by atoms with Crippen molar-refractivity contribution in [2.24, 2.45) is 5.16 Å². The van der Waals surface area contributed by atoms with Gasteiger partial charge in [0.15, 0.2) is 5.71 Å². The maximum absolute atomic E-state index is 10.4. The zero-order valence-electron chi connectivity index (χ0n) is 9.88. The molecule has 0 heterocycles. The summed E-state index contributed by atoms with van der Waals surface area (Å²) in [5.41, 5.74) is 2.20. The van der Waals surface area contributed by atoms with Crippen LogP contribution < -0.4 is 0 Å². The Morgan fingerprint density at radius 3 is 2.94 bits per heavy atom. The monoisotopic (exact) mass is 233 g/mol. The molecule has 0 radical (unpaired) electrons. The molecule has 0 fully saturated rings. The lowest BCUT2D eigenvalue weighted by atomic mass is 10.1. The molecule has 4 nitrogen and oxygen atoms in total. The van der Waals surface area contributed by atoms with Crippen LogP contribution in [0.2, 0.25) is 0 Å². The minimum absolute atomic E-state index is 0.0612. The third kappa shape index (κ3) is 4.97. The summed E-state index contributed by atoms with van der Waals surface area (Å²) in [6.07, 6.45) is 3.69. The van der Waals surface area contributed by atoms with Gasteiger partial charge in [0.05, 0.1) is 0 Å². The molecule has 4 heteroatoms. The molecule has 0 saturated carbocycles. The van der Waals surface area contributed by atoms with Crippen LogP contribution in [-0.2, 0) is 9.63 Å². The van der Waals surface area contributed by atoms with Crippen molar-refractivity contribution in [3.8, 4) is 0 Å². The highest BCUT2D eigenvalue weighted by Crippen LogP contribution is 2.05.